The maximum atomic E-state index is 13.7. The topological polar surface area (TPSA) is 12.0 Å². The van der Waals surface area contributed by atoms with Crippen molar-refractivity contribution in [2.75, 3.05) is 5.32 Å². The highest BCUT2D eigenvalue weighted by Crippen LogP contribution is 2.20. The summed E-state index contributed by atoms with van der Waals surface area (Å²) in [6, 6.07) is 12.9. The highest BCUT2D eigenvalue weighted by atomic mass is 35.5. The van der Waals surface area contributed by atoms with Crippen LogP contribution in [0.15, 0.2) is 42.5 Å². The summed E-state index contributed by atoms with van der Waals surface area (Å²) in [4.78, 5) is 0. The van der Waals surface area contributed by atoms with Gasteiger partial charge in [-0.1, -0.05) is 49.2 Å². The Bertz CT molecular complexity index is 554. The SMILES string of the molecule is CCCc1ccccc1NCc1ccc(Cl)cc1F. The zero-order chi connectivity index (χ0) is 13.7. The van der Waals surface area contributed by atoms with Crippen molar-refractivity contribution in [2.45, 2.75) is 26.3 Å². The highest BCUT2D eigenvalue weighted by molar-refractivity contribution is 6.30. The second-order valence-electron chi connectivity index (χ2n) is 4.50. The summed E-state index contributed by atoms with van der Waals surface area (Å²) in [6.45, 7) is 2.61. The van der Waals surface area contributed by atoms with Crippen LogP contribution in [0.3, 0.4) is 0 Å². The molecular formula is C16H17ClFN. The van der Waals surface area contributed by atoms with Gasteiger partial charge in [0, 0.05) is 22.8 Å². The molecule has 0 bridgehead atoms. The van der Waals surface area contributed by atoms with E-state index in [0.29, 0.717) is 17.1 Å². The molecule has 0 fully saturated rings. The molecule has 1 nitrogen and oxygen atoms in total. The lowest BCUT2D eigenvalue weighted by Gasteiger charge is -2.12. The van der Waals surface area contributed by atoms with Crippen LogP contribution < -0.4 is 5.32 Å². The number of para-hydroxylation sites is 1. The largest absolute Gasteiger partial charge is 0.381 e. The summed E-state index contributed by atoms with van der Waals surface area (Å²) in [7, 11) is 0. The molecule has 0 aliphatic rings. The Hall–Kier alpha value is -1.54. The molecule has 0 aliphatic carbocycles. The molecule has 2 rings (SSSR count). The van der Waals surface area contributed by atoms with E-state index in [-0.39, 0.29) is 5.82 Å². The minimum Gasteiger partial charge on any atom is -0.381 e. The van der Waals surface area contributed by atoms with Crippen molar-refractivity contribution in [3.05, 3.63) is 64.4 Å². The van der Waals surface area contributed by atoms with Crippen LogP contribution in [0.2, 0.25) is 5.02 Å². The van der Waals surface area contributed by atoms with Gasteiger partial charge in [-0.3, -0.25) is 0 Å². The van der Waals surface area contributed by atoms with Crippen LogP contribution in [-0.4, -0.2) is 0 Å². The number of nitrogens with one attached hydrogen (secondary N) is 1. The van der Waals surface area contributed by atoms with Crippen LogP contribution in [0.5, 0.6) is 0 Å². The van der Waals surface area contributed by atoms with Crippen molar-refractivity contribution in [1.82, 2.24) is 0 Å². The van der Waals surface area contributed by atoms with Crippen molar-refractivity contribution in [3.8, 4) is 0 Å². The van der Waals surface area contributed by atoms with E-state index >= 15 is 0 Å². The summed E-state index contributed by atoms with van der Waals surface area (Å²) in [5.74, 6) is -0.270. The number of hydrogen-bond donors (Lipinski definition) is 1. The zero-order valence-electron chi connectivity index (χ0n) is 10.9. The van der Waals surface area contributed by atoms with Gasteiger partial charge in [0.15, 0.2) is 0 Å². The minimum atomic E-state index is -0.270. The second kappa shape index (κ2) is 6.58. The van der Waals surface area contributed by atoms with Crippen LogP contribution >= 0.6 is 11.6 Å². The first kappa shape index (κ1) is 13.9. The monoisotopic (exact) mass is 277 g/mol. The lowest BCUT2D eigenvalue weighted by Crippen LogP contribution is -2.04. The third kappa shape index (κ3) is 3.71. The molecule has 3 heteroatoms. The Morgan fingerprint density at radius 1 is 1.11 bits per heavy atom. The maximum Gasteiger partial charge on any atom is 0.129 e. The van der Waals surface area contributed by atoms with Gasteiger partial charge in [-0.15, -0.1) is 0 Å². The van der Waals surface area contributed by atoms with E-state index in [1.165, 1.54) is 11.6 Å². The molecule has 2 aromatic rings. The number of halogens is 2. The molecule has 0 saturated heterocycles. The number of rotatable bonds is 5. The fourth-order valence-electron chi connectivity index (χ4n) is 2.04. The molecule has 0 radical (unpaired) electrons. The number of anilines is 1. The summed E-state index contributed by atoms with van der Waals surface area (Å²) in [5.41, 5.74) is 2.95. The van der Waals surface area contributed by atoms with E-state index in [2.05, 4.69) is 18.3 Å². The smallest absolute Gasteiger partial charge is 0.129 e. The third-order valence-electron chi connectivity index (χ3n) is 3.02. The van der Waals surface area contributed by atoms with E-state index < -0.39 is 0 Å². The molecule has 0 amide bonds. The summed E-state index contributed by atoms with van der Waals surface area (Å²) < 4.78 is 13.7. The lowest BCUT2D eigenvalue weighted by molar-refractivity contribution is 0.613. The standard InChI is InChI=1S/C16H17ClFN/c1-2-5-12-6-3-4-7-16(12)19-11-13-8-9-14(17)10-15(13)18/h3-4,6-10,19H,2,5,11H2,1H3. The van der Waals surface area contributed by atoms with Crippen LogP contribution in [-0.2, 0) is 13.0 Å². The summed E-state index contributed by atoms with van der Waals surface area (Å²) in [6.07, 6.45) is 2.11. The van der Waals surface area contributed by atoms with Gasteiger partial charge in [-0.2, -0.15) is 0 Å². The first-order valence-electron chi connectivity index (χ1n) is 6.46. The molecule has 100 valence electrons. The molecule has 0 saturated carbocycles. The molecule has 2 aromatic carbocycles. The van der Waals surface area contributed by atoms with Gasteiger partial charge < -0.3 is 5.32 Å². The van der Waals surface area contributed by atoms with Crippen LogP contribution in [0, 0.1) is 5.82 Å². The average Bonchev–Trinajstić information content (AvgIpc) is 2.40. The quantitative estimate of drug-likeness (QED) is 0.807. The fourth-order valence-corrected chi connectivity index (χ4v) is 2.19. The Morgan fingerprint density at radius 2 is 1.89 bits per heavy atom. The predicted octanol–water partition coefficient (Wildman–Crippen LogP) is 5.04. The number of hydrogen-bond acceptors (Lipinski definition) is 1. The predicted molar refractivity (Wildman–Crippen MR) is 79.2 cm³/mol. The molecule has 0 aromatic heterocycles. The molecule has 0 aliphatic heterocycles. The number of benzene rings is 2. The van der Waals surface area contributed by atoms with Gasteiger partial charge in [0.05, 0.1) is 0 Å². The van der Waals surface area contributed by atoms with Crippen molar-refractivity contribution in [2.24, 2.45) is 0 Å². The second-order valence-corrected chi connectivity index (χ2v) is 4.93. The summed E-state index contributed by atoms with van der Waals surface area (Å²) in [5, 5.41) is 3.72. The number of aryl methyl sites for hydroxylation is 1. The Morgan fingerprint density at radius 3 is 2.63 bits per heavy atom. The van der Waals surface area contributed by atoms with E-state index in [4.69, 9.17) is 11.6 Å². The molecule has 1 N–H and O–H groups in total. The van der Waals surface area contributed by atoms with E-state index in [0.717, 1.165) is 18.5 Å². The van der Waals surface area contributed by atoms with Gasteiger partial charge >= 0.3 is 0 Å². The van der Waals surface area contributed by atoms with E-state index in [1.807, 2.05) is 18.2 Å². The average molecular weight is 278 g/mol. The molecular weight excluding hydrogens is 261 g/mol. The van der Waals surface area contributed by atoms with Gasteiger partial charge in [-0.25, -0.2) is 4.39 Å². The van der Waals surface area contributed by atoms with Crippen LogP contribution in [0.4, 0.5) is 10.1 Å². The molecule has 0 spiro atoms. The molecule has 19 heavy (non-hydrogen) atoms. The Balaban J connectivity index is 2.10. The van der Waals surface area contributed by atoms with E-state index in [1.54, 1.807) is 12.1 Å². The first-order valence-corrected chi connectivity index (χ1v) is 6.84. The van der Waals surface area contributed by atoms with Crippen LogP contribution in [0.1, 0.15) is 24.5 Å². The van der Waals surface area contributed by atoms with Crippen molar-refractivity contribution < 1.29 is 4.39 Å². The lowest BCUT2D eigenvalue weighted by atomic mass is 10.1. The molecule has 0 heterocycles. The van der Waals surface area contributed by atoms with Gasteiger partial charge in [-0.05, 0) is 30.2 Å². The Labute approximate surface area is 118 Å². The fraction of sp³-hybridized carbons (Fsp3) is 0.250. The Kier molecular flexibility index (Phi) is 4.80. The summed E-state index contributed by atoms with van der Waals surface area (Å²) >= 11 is 5.74. The van der Waals surface area contributed by atoms with Gasteiger partial charge in [0.25, 0.3) is 0 Å². The van der Waals surface area contributed by atoms with Gasteiger partial charge in [0.2, 0.25) is 0 Å². The van der Waals surface area contributed by atoms with Crippen molar-refractivity contribution in [3.63, 3.8) is 0 Å². The normalized spacial score (nSPS) is 10.5. The van der Waals surface area contributed by atoms with Crippen molar-refractivity contribution in [1.29, 1.82) is 0 Å². The van der Waals surface area contributed by atoms with Crippen LogP contribution in [0.25, 0.3) is 0 Å². The maximum absolute atomic E-state index is 13.7. The van der Waals surface area contributed by atoms with E-state index in [9.17, 15) is 4.39 Å². The molecule has 0 atom stereocenters. The third-order valence-corrected chi connectivity index (χ3v) is 3.26. The van der Waals surface area contributed by atoms with Gasteiger partial charge in [0.1, 0.15) is 5.82 Å². The zero-order valence-corrected chi connectivity index (χ0v) is 11.7. The first-order chi connectivity index (χ1) is 9.20. The molecule has 0 unspecified atom stereocenters. The van der Waals surface area contributed by atoms with Crippen molar-refractivity contribution >= 4 is 17.3 Å². The highest BCUT2D eigenvalue weighted by Gasteiger charge is 2.04. The minimum absolute atomic E-state index is 0.270.